The van der Waals surface area contributed by atoms with E-state index in [-0.39, 0.29) is 11.8 Å². The number of nitrogens with zero attached hydrogens (tertiary/aromatic N) is 3. The zero-order valence-electron chi connectivity index (χ0n) is 19.0. The number of aromatic nitrogens is 2. The summed E-state index contributed by atoms with van der Waals surface area (Å²) in [5, 5.41) is 4.33. The van der Waals surface area contributed by atoms with E-state index in [2.05, 4.69) is 36.2 Å². The predicted molar refractivity (Wildman–Crippen MR) is 125 cm³/mol. The molecule has 6 rings (SSSR count). The molecule has 1 saturated carbocycles. The van der Waals surface area contributed by atoms with Crippen LogP contribution in [-0.4, -0.2) is 35.5 Å². The molecule has 0 spiro atoms. The van der Waals surface area contributed by atoms with E-state index in [1.807, 2.05) is 25.1 Å². The number of carbonyl (C=O) groups excluding carboxylic acids is 1. The van der Waals surface area contributed by atoms with Gasteiger partial charge in [0.2, 0.25) is 11.9 Å². The first kappa shape index (κ1) is 20.5. The molecule has 2 bridgehead atoms. The van der Waals surface area contributed by atoms with Gasteiger partial charge in [-0.15, -0.1) is 0 Å². The third kappa shape index (κ3) is 3.72. The Kier molecular flexibility index (Phi) is 5.23. The second-order valence-electron chi connectivity index (χ2n) is 10.2. The summed E-state index contributed by atoms with van der Waals surface area (Å²) in [6.07, 6.45) is 7.75. The first-order chi connectivity index (χ1) is 14.9. The lowest BCUT2D eigenvalue weighted by atomic mass is 9.48. The van der Waals surface area contributed by atoms with E-state index in [4.69, 9.17) is 9.97 Å². The molecule has 0 unspecified atom stereocenters. The van der Waals surface area contributed by atoms with Gasteiger partial charge in [0, 0.05) is 30.9 Å². The van der Waals surface area contributed by atoms with Crippen LogP contribution in [0.15, 0.2) is 35.9 Å². The van der Waals surface area contributed by atoms with Crippen LogP contribution in [0.2, 0.25) is 0 Å². The summed E-state index contributed by atoms with van der Waals surface area (Å²) in [7, 11) is 0. The van der Waals surface area contributed by atoms with E-state index in [0.717, 1.165) is 73.3 Å². The van der Waals surface area contributed by atoms with E-state index in [0.29, 0.717) is 5.41 Å². The number of hydrogen-bond donors (Lipinski definition) is 1. The molecule has 2 heterocycles. The Labute approximate surface area is 185 Å². The van der Waals surface area contributed by atoms with Gasteiger partial charge in [0.05, 0.1) is 11.2 Å². The average Bonchev–Trinajstić information content (AvgIpc) is 2.79. The highest BCUT2D eigenvalue weighted by Gasteiger charge is 2.50. The summed E-state index contributed by atoms with van der Waals surface area (Å²) >= 11 is 0. The maximum absolute atomic E-state index is 12.8. The molecule has 5 nitrogen and oxygen atoms in total. The summed E-state index contributed by atoms with van der Waals surface area (Å²) < 4.78 is 0. The number of nitrogens with one attached hydrogen (secondary N) is 1. The van der Waals surface area contributed by atoms with E-state index in [1.54, 1.807) is 5.57 Å². The molecule has 2 atom stereocenters. The molecular weight excluding hydrogens is 384 g/mol. The first-order valence-corrected chi connectivity index (χ1v) is 11.9. The number of para-hydroxylation sites is 1. The molecule has 3 aliphatic carbocycles. The lowest BCUT2D eigenvalue weighted by Gasteiger charge is -2.56. The average molecular weight is 419 g/mol. The van der Waals surface area contributed by atoms with Gasteiger partial charge in [-0.3, -0.25) is 4.79 Å². The predicted octanol–water partition coefficient (Wildman–Crippen LogP) is 4.65. The highest BCUT2D eigenvalue weighted by Crippen LogP contribution is 2.59. The van der Waals surface area contributed by atoms with Gasteiger partial charge >= 0.3 is 0 Å². The van der Waals surface area contributed by atoms with Gasteiger partial charge in [0.1, 0.15) is 0 Å². The monoisotopic (exact) mass is 418 g/mol. The fourth-order valence-corrected chi connectivity index (χ4v) is 5.93. The van der Waals surface area contributed by atoms with E-state index < -0.39 is 0 Å². The van der Waals surface area contributed by atoms with Crippen molar-refractivity contribution < 1.29 is 4.79 Å². The van der Waals surface area contributed by atoms with Crippen molar-refractivity contribution in [3.05, 3.63) is 41.6 Å². The molecular formula is C26H34N4O. The lowest BCUT2D eigenvalue weighted by Crippen LogP contribution is -2.48. The zero-order valence-corrected chi connectivity index (χ0v) is 19.0. The number of hydrogen-bond acceptors (Lipinski definition) is 4. The number of allylic oxidation sites excluding steroid dienone is 1. The van der Waals surface area contributed by atoms with Crippen LogP contribution in [0.5, 0.6) is 0 Å². The van der Waals surface area contributed by atoms with Gasteiger partial charge < -0.3 is 10.2 Å². The molecule has 1 aliphatic heterocycles. The van der Waals surface area contributed by atoms with Crippen LogP contribution in [0.3, 0.4) is 0 Å². The number of rotatable bonds is 5. The van der Waals surface area contributed by atoms with Crippen molar-refractivity contribution in [3.8, 4) is 0 Å². The van der Waals surface area contributed by atoms with Crippen molar-refractivity contribution in [1.82, 2.24) is 15.3 Å². The summed E-state index contributed by atoms with van der Waals surface area (Å²) in [6.45, 7) is 9.30. The fourth-order valence-electron chi connectivity index (χ4n) is 5.93. The Hall–Kier alpha value is -2.43. The molecule has 31 heavy (non-hydrogen) atoms. The van der Waals surface area contributed by atoms with Gasteiger partial charge in [-0.25, -0.2) is 9.97 Å². The molecule has 2 aromatic rings. The highest BCUT2D eigenvalue weighted by molar-refractivity contribution is 5.82. The van der Waals surface area contributed by atoms with Gasteiger partial charge in [0.15, 0.2) is 0 Å². The van der Waals surface area contributed by atoms with Crippen molar-refractivity contribution in [1.29, 1.82) is 0 Å². The van der Waals surface area contributed by atoms with Crippen LogP contribution >= 0.6 is 0 Å². The van der Waals surface area contributed by atoms with Crippen molar-refractivity contribution in [2.24, 2.45) is 23.2 Å². The molecule has 1 amide bonds. The smallest absolute Gasteiger partial charge is 0.226 e. The molecule has 164 valence electrons. The third-order valence-electron chi connectivity index (χ3n) is 8.23. The number of anilines is 1. The van der Waals surface area contributed by atoms with Crippen molar-refractivity contribution in [2.45, 2.75) is 52.9 Å². The number of carbonyl (C=O) groups is 1. The SMILES string of the molecule is Cc1nc(N2CCC(C(=O)NCCC3=CC[C@H]4C[C@@H]3C4(C)C)CC2)nc2ccccc12. The standard InChI is InChI=1S/C26H34N4O/c1-17-21-6-4-5-7-23(21)29-25(28-17)30-14-11-19(12-15-30)24(31)27-13-10-18-8-9-20-16-22(18)26(20,2)3/h4-8,19-20,22H,9-16H2,1-3H3,(H,27,31)/t20-,22-/m0/s1. The first-order valence-electron chi connectivity index (χ1n) is 11.9. The van der Waals surface area contributed by atoms with Crippen LogP contribution < -0.4 is 10.2 Å². The van der Waals surface area contributed by atoms with Gasteiger partial charge in [-0.2, -0.15) is 0 Å². The second kappa shape index (κ2) is 7.92. The lowest BCUT2D eigenvalue weighted by molar-refractivity contribution is -0.125. The molecule has 1 saturated heterocycles. The van der Waals surface area contributed by atoms with Gasteiger partial charge in [0.25, 0.3) is 0 Å². The topological polar surface area (TPSA) is 58.1 Å². The molecule has 4 aliphatic rings. The van der Waals surface area contributed by atoms with Crippen LogP contribution in [0, 0.1) is 30.1 Å². The van der Waals surface area contributed by atoms with E-state index in [1.165, 1.54) is 12.8 Å². The quantitative estimate of drug-likeness (QED) is 0.718. The van der Waals surface area contributed by atoms with Crippen molar-refractivity contribution in [2.75, 3.05) is 24.5 Å². The van der Waals surface area contributed by atoms with Crippen LogP contribution in [-0.2, 0) is 4.79 Å². The Morgan fingerprint density at radius 3 is 2.71 bits per heavy atom. The second-order valence-corrected chi connectivity index (χ2v) is 10.2. The molecule has 1 aromatic carbocycles. The number of amides is 1. The zero-order chi connectivity index (χ0) is 21.6. The van der Waals surface area contributed by atoms with E-state index in [9.17, 15) is 4.79 Å². The maximum Gasteiger partial charge on any atom is 0.226 e. The number of fused-ring (bicyclic) bond motifs is 2. The normalized spacial score (nSPS) is 25.1. The van der Waals surface area contributed by atoms with Crippen molar-refractivity contribution >= 4 is 22.8 Å². The summed E-state index contributed by atoms with van der Waals surface area (Å²) in [6, 6.07) is 8.15. The fraction of sp³-hybridized carbons (Fsp3) is 0.577. The Morgan fingerprint density at radius 2 is 1.97 bits per heavy atom. The third-order valence-corrected chi connectivity index (χ3v) is 8.23. The maximum atomic E-state index is 12.8. The Balaban J connectivity index is 1.12. The minimum Gasteiger partial charge on any atom is -0.356 e. The minimum absolute atomic E-state index is 0.0997. The molecule has 1 aromatic heterocycles. The highest BCUT2D eigenvalue weighted by atomic mass is 16.1. The summed E-state index contributed by atoms with van der Waals surface area (Å²) in [4.78, 5) is 24.5. The Morgan fingerprint density at radius 1 is 1.19 bits per heavy atom. The number of aryl methyl sites for hydroxylation is 1. The number of benzene rings is 1. The molecule has 5 heteroatoms. The minimum atomic E-state index is 0.0997. The van der Waals surface area contributed by atoms with Gasteiger partial charge in [-0.05, 0) is 62.3 Å². The molecule has 0 radical (unpaired) electrons. The summed E-state index contributed by atoms with van der Waals surface area (Å²) in [5.41, 5.74) is 4.04. The van der Waals surface area contributed by atoms with Gasteiger partial charge in [-0.1, -0.05) is 43.7 Å². The largest absolute Gasteiger partial charge is 0.356 e. The molecule has 2 fully saturated rings. The van der Waals surface area contributed by atoms with E-state index >= 15 is 0 Å². The van der Waals surface area contributed by atoms with Crippen LogP contribution in [0.1, 0.15) is 51.6 Å². The van der Waals surface area contributed by atoms with Crippen molar-refractivity contribution in [3.63, 3.8) is 0 Å². The van der Waals surface area contributed by atoms with Crippen LogP contribution in [0.4, 0.5) is 5.95 Å². The molecule has 1 N–H and O–H groups in total. The summed E-state index contributed by atoms with van der Waals surface area (Å²) in [5.74, 6) is 2.72. The number of piperidine rings is 1. The van der Waals surface area contributed by atoms with Crippen LogP contribution in [0.25, 0.3) is 10.9 Å². The Bertz CT molecular complexity index is 1020.